The molecule has 1 atom stereocenters. The predicted octanol–water partition coefficient (Wildman–Crippen LogP) is 4.28. The summed E-state index contributed by atoms with van der Waals surface area (Å²) in [5.74, 6) is 1.29. The zero-order valence-electron chi connectivity index (χ0n) is 19.1. The minimum absolute atomic E-state index is 0.310. The lowest BCUT2D eigenvalue weighted by atomic mass is 10.2. The number of amides is 1. The number of aliphatic hydroxyl groups excluding tert-OH is 1. The number of halogens is 1. The van der Waals surface area contributed by atoms with Crippen LogP contribution in [0.4, 0.5) is 11.5 Å². The summed E-state index contributed by atoms with van der Waals surface area (Å²) in [4.78, 5) is 26.1. The van der Waals surface area contributed by atoms with Crippen LogP contribution in [0.25, 0.3) is 10.9 Å². The smallest absolute Gasteiger partial charge is 0.248 e. The van der Waals surface area contributed by atoms with Crippen LogP contribution in [0.1, 0.15) is 12.6 Å². The van der Waals surface area contributed by atoms with Crippen molar-refractivity contribution in [2.45, 2.75) is 19.6 Å². The number of anilines is 2. The number of thiazole rings is 1. The average Bonchev–Trinajstić information content (AvgIpc) is 3.37. The third-order valence-electron chi connectivity index (χ3n) is 5.10. The lowest BCUT2D eigenvalue weighted by Gasteiger charge is -2.23. The van der Waals surface area contributed by atoms with Crippen LogP contribution in [0.15, 0.2) is 53.6 Å². The Kier molecular flexibility index (Phi) is 7.96. The number of nitrogens with one attached hydrogen (secondary N) is 1. The van der Waals surface area contributed by atoms with Gasteiger partial charge >= 0.3 is 0 Å². The minimum atomic E-state index is -0.545. The molecule has 1 amide bonds. The van der Waals surface area contributed by atoms with Crippen LogP contribution in [0, 0.1) is 0 Å². The Morgan fingerprint density at radius 2 is 2.09 bits per heavy atom. The minimum Gasteiger partial charge on any atom is -0.488 e. The predicted molar refractivity (Wildman–Crippen MR) is 136 cm³/mol. The number of hydrogen-bond acceptors (Lipinski definition) is 9. The number of likely N-dealkylation sites (N-methyl/N-ethyl adjacent to an activating group) is 1. The van der Waals surface area contributed by atoms with Crippen molar-refractivity contribution in [1.82, 2.24) is 19.9 Å². The largest absolute Gasteiger partial charge is 0.488 e. The second-order valence-corrected chi connectivity index (χ2v) is 8.90. The van der Waals surface area contributed by atoms with Gasteiger partial charge in [0.25, 0.3) is 0 Å². The van der Waals surface area contributed by atoms with Gasteiger partial charge in [-0.05, 0) is 37.3 Å². The molecule has 2 aromatic heterocycles. The molecule has 9 nitrogen and oxygen atoms in total. The average molecular weight is 514 g/mol. The number of rotatable bonds is 10. The van der Waals surface area contributed by atoms with E-state index in [-0.39, 0.29) is 12.0 Å². The summed E-state index contributed by atoms with van der Waals surface area (Å²) in [5, 5.41) is 15.4. The molecule has 182 valence electrons. The van der Waals surface area contributed by atoms with Crippen LogP contribution in [-0.4, -0.2) is 57.2 Å². The van der Waals surface area contributed by atoms with E-state index in [2.05, 4.69) is 20.3 Å². The Morgan fingerprint density at radius 3 is 2.83 bits per heavy atom. The molecule has 2 heterocycles. The highest BCUT2D eigenvalue weighted by Gasteiger charge is 2.16. The number of carbonyl (C=O) groups excluding carboxylic acids is 1. The van der Waals surface area contributed by atoms with E-state index in [9.17, 15) is 4.79 Å². The van der Waals surface area contributed by atoms with Crippen LogP contribution in [0.2, 0.25) is 5.02 Å². The topological polar surface area (TPSA) is 110 Å². The van der Waals surface area contributed by atoms with Gasteiger partial charge < -0.3 is 24.8 Å². The summed E-state index contributed by atoms with van der Waals surface area (Å²) in [6.45, 7) is 1.95. The standard InChI is InChI=1S/C24H24ClN5O4S/c1-15(9-30(2)22(32)10-31)34-21-5-3-4-19-23(21)24(27-13-26-19)29-16-6-7-20(18(25)8-16)33-11-17-12-35-14-28-17/h3-8,12-15,31H,9-11H2,1-2H3,(H,26,27,29)/t15-/m1/s1. The molecular weight excluding hydrogens is 490 g/mol. The first-order valence-electron chi connectivity index (χ1n) is 10.8. The van der Waals surface area contributed by atoms with E-state index in [0.29, 0.717) is 52.1 Å². The van der Waals surface area contributed by atoms with E-state index < -0.39 is 6.61 Å². The Hall–Kier alpha value is -3.47. The Balaban J connectivity index is 1.53. The molecule has 0 aliphatic carbocycles. The van der Waals surface area contributed by atoms with Crippen LogP contribution in [0.5, 0.6) is 11.5 Å². The van der Waals surface area contributed by atoms with Gasteiger partial charge in [0.05, 0.1) is 33.7 Å². The molecule has 0 fully saturated rings. The van der Waals surface area contributed by atoms with Gasteiger partial charge in [-0.25, -0.2) is 15.0 Å². The molecular formula is C24H24ClN5O4S. The van der Waals surface area contributed by atoms with E-state index in [1.807, 2.05) is 36.6 Å². The zero-order valence-corrected chi connectivity index (χ0v) is 20.7. The SMILES string of the molecule is C[C@H](CN(C)C(=O)CO)Oc1cccc2ncnc(Nc3ccc(OCc4cscn4)c(Cl)c3)c12. The van der Waals surface area contributed by atoms with Crippen LogP contribution in [0.3, 0.4) is 0 Å². The van der Waals surface area contributed by atoms with Crippen molar-refractivity contribution in [2.75, 3.05) is 25.5 Å². The molecule has 35 heavy (non-hydrogen) atoms. The van der Waals surface area contributed by atoms with E-state index in [0.717, 1.165) is 5.69 Å². The molecule has 0 spiro atoms. The van der Waals surface area contributed by atoms with Crippen molar-refractivity contribution >= 4 is 51.3 Å². The number of nitrogens with zero attached hydrogens (tertiary/aromatic N) is 4. The van der Waals surface area contributed by atoms with Crippen molar-refractivity contribution in [2.24, 2.45) is 0 Å². The summed E-state index contributed by atoms with van der Waals surface area (Å²) in [5.41, 5.74) is 4.01. The highest BCUT2D eigenvalue weighted by molar-refractivity contribution is 7.07. The van der Waals surface area contributed by atoms with Gasteiger partial charge in [-0.15, -0.1) is 11.3 Å². The molecule has 0 aliphatic rings. The van der Waals surface area contributed by atoms with E-state index in [1.54, 1.807) is 24.7 Å². The van der Waals surface area contributed by atoms with Gasteiger partial charge in [0.1, 0.15) is 43.0 Å². The number of hydrogen-bond donors (Lipinski definition) is 2. The van der Waals surface area contributed by atoms with Gasteiger partial charge in [-0.3, -0.25) is 4.79 Å². The second kappa shape index (κ2) is 11.3. The van der Waals surface area contributed by atoms with E-state index in [1.165, 1.54) is 22.6 Å². The third kappa shape index (κ3) is 6.16. The molecule has 0 saturated heterocycles. The van der Waals surface area contributed by atoms with Gasteiger partial charge in [-0.1, -0.05) is 17.7 Å². The Labute approximate surface area is 211 Å². The highest BCUT2D eigenvalue weighted by Crippen LogP contribution is 2.34. The summed E-state index contributed by atoms with van der Waals surface area (Å²) in [6.07, 6.45) is 1.14. The first-order chi connectivity index (χ1) is 16.9. The fourth-order valence-electron chi connectivity index (χ4n) is 3.43. The number of aromatic nitrogens is 3. The first-order valence-corrected chi connectivity index (χ1v) is 12.1. The maximum Gasteiger partial charge on any atom is 0.248 e. The molecule has 4 aromatic rings. The van der Waals surface area contributed by atoms with Crippen molar-refractivity contribution in [3.8, 4) is 11.5 Å². The quantitative estimate of drug-likeness (QED) is 0.323. The van der Waals surface area contributed by atoms with E-state index in [4.69, 9.17) is 26.2 Å². The van der Waals surface area contributed by atoms with Crippen LogP contribution in [-0.2, 0) is 11.4 Å². The number of ether oxygens (including phenoxy) is 2. The molecule has 0 radical (unpaired) electrons. The molecule has 2 N–H and O–H groups in total. The third-order valence-corrected chi connectivity index (χ3v) is 6.03. The molecule has 0 bridgehead atoms. The fraction of sp³-hybridized carbons (Fsp3) is 0.250. The number of carbonyl (C=O) groups is 1. The highest BCUT2D eigenvalue weighted by atomic mass is 35.5. The van der Waals surface area contributed by atoms with Crippen LogP contribution >= 0.6 is 22.9 Å². The van der Waals surface area contributed by atoms with E-state index >= 15 is 0 Å². The summed E-state index contributed by atoms with van der Waals surface area (Å²) in [6, 6.07) is 10.9. The van der Waals surface area contributed by atoms with Crippen molar-refractivity contribution in [3.05, 3.63) is 64.3 Å². The normalized spacial score (nSPS) is 11.8. The van der Waals surface area contributed by atoms with Crippen molar-refractivity contribution in [3.63, 3.8) is 0 Å². The van der Waals surface area contributed by atoms with Gasteiger partial charge in [0.15, 0.2) is 0 Å². The van der Waals surface area contributed by atoms with Gasteiger partial charge in [0, 0.05) is 18.1 Å². The number of aliphatic hydroxyl groups is 1. The summed E-state index contributed by atoms with van der Waals surface area (Å²) in [7, 11) is 1.62. The molecule has 4 rings (SSSR count). The first kappa shape index (κ1) is 24.6. The lowest BCUT2D eigenvalue weighted by Crippen LogP contribution is -2.37. The fourth-order valence-corrected chi connectivity index (χ4v) is 4.20. The maximum absolute atomic E-state index is 11.7. The maximum atomic E-state index is 11.7. The van der Waals surface area contributed by atoms with Crippen molar-refractivity contribution < 1.29 is 19.4 Å². The summed E-state index contributed by atoms with van der Waals surface area (Å²) >= 11 is 7.96. The van der Waals surface area contributed by atoms with Gasteiger partial charge in [0.2, 0.25) is 5.91 Å². The molecule has 11 heteroatoms. The second-order valence-electron chi connectivity index (χ2n) is 7.77. The monoisotopic (exact) mass is 513 g/mol. The number of benzene rings is 2. The van der Waals surface area contributed by atoms with Crippen molar-refractivity contribution in [1.29, 1.82) is 0 Å². The number of fused-ring (bicyclic) bond motifs is 1. The molecule has 0 aliphatic heterocycles. The zero-order chi connectivity index (χ0) is 24.8. The van der Waals surface area contributed by atoms with Crippen LogP contribution < -0.4 is 14.8 Å². The lowest BCUT2D eigenvalue weighted by molar-refractivity contribution is -0.133. The summed E-state index contributed by atoms with van der Waals surface area (Å²) < 4.78 is 11.9. The Morgan fingerprint density at radius 1 is 1.23 bits per heavy atom. The molecule has 0 unspecified atom stereocenters. The Bertz CT molecular complexity index is 1300. The molecule has 0 saturated carbocycles. The molecule has 2 aromatic carbocycles. The van der Waals surface area contributed by atoms with Gasteiger partial charge in [-0.2, -0.15) is 0 Å².